The zero-order valence-corrected chi connectivity index (χ0v) is 15.7. The topological polar surface area (TPSA) is 52.9 Å². The first kappa shape index (κ1) is 18.8. The molecule has 0 aliphatic rings. The molecule has 134 valence electrons. The summed E-state index contributed by atoms with van der Waals surface area (Å²) in [6, 6.07) is 27.3. The van der Waals surface area contributed by atoms with Gasteiger partial charge in [-0.2, -0.15) is 17.0 Å². The molecule has 0 spiro atoms. The van der Waals surface area contributed by atoms with Crippen LogP contribution in [-0.4, -0.2) is 18.2 Å². The van der Waals surface area contributed by atoms with Gasteiger partial charge in [-0.25, -0.2) is 0 Å². The SMILES string of the molecule is N#Cc1ccccc1-c1ccccc1C(=O)NCCSCc1ccccc1. The molecule has 1 amide bonds. The van der Waals surface area contributed by atoms with Crippen LogP contribution < -0.4 is 5.32 Å². The number of carbonyl (C=O) groups is 1. The molecule has 3 nitrogen and oxygen atoms in total. The summed E-state index contributed by atoms with van der Waals surface area (Å²) in [6.07, 6.45) is 0. The summed E-state index contributed by atoms with van der Waals surface area (Å²) in [5, 5.41) is 12.3. The van der Waals surface area contributed by atoms with E-state index in [9.17, 15) is 10.1 Å². The maximum atomic E-state index is 12.7. The Labute approximate surface area is 164 Å². The molecule has 4 heteroatoms. The van der Waals surface area contributed by atoms with Crippen LogP contribution in [0.5, 0.6) is 0 Å². The molecule has 0 unspecified atom stereocenters. The van der Waals surface area contributed by atoms with Gasteiger partial charge in [-0.1, -0.05) is 66.7 Å². The van der Waals surface area contributed by atoms with E-state index < -0.39 is 0 Å². The van der Waals surface area contributed by atoms with E-state index in [0.29, 0.717) is 17.7 Å². The Morgan fingerprint density at radius 1 is 0.889 bits per heavy atom. The fraction of sp³-hybridized carbons (Fsp3) is 0.130. The van der Waals surface area contributed by atoms with Crippen LogP contribution in [0.1, 0.15) is 21.5 Å². The molecule has 0 aliphatic carbocycles. The lowest BCUT2D eigenvalue weighted by Gasteiger charge is -2.11. The molecule has 27 heavy (non-hydrogen) atoms. The Bertz CT molecular complexity index is 948. The number of thioether (sulfide) groups is 1. The predicted octanol–water partition coefficient (Wildman–Crippen LogP) is 4.89. The van der Waals surface area contributed by atoms with E-state index >= 15 is 0 Å². The minimum Gasteiger partial charge on any atom is -0.351 e. The molecule has 3 aromatic carbocycles. The second-order valence-corrected chi connectivity index (χ2v) is 7.10. The Morgan fingerprint density at radius 3 is 2.33 bits per heavy atom. The third-order valence-electron chi connectivity index (χ3n) is 4.15. The summed E-state index contributed by atoms with van der Waals surface area (Å²) in [5.74, 6) is 1.67. The molecule has 0 bridgehead atoms. The standard InChI is InChI=1S/C23H20N2OS/c24-16-19-10-4-5-11-20(19)21-12-6-7-13-22(21)23(26)25-14-15-27-17-18-8-2-1-3-9-18/h1-13H,14-15,17H2,(H,25,26). The first-order valence-corrected chi connectivity index (χ1v) is 9.93. The molecule has 0 heterocycles. The highest BCUT2D eigenvalue weighted by molar-refractivity contribution is 7.98. The monoisotopic (exact) mass is 372 g/mol. The molecular formula is C23H20N2OS. The van der Waals surface area contributed by atoms with Gasteiger partial charge in [0.25, 0.3) is 5.91 Å². The van der Waals surface area contributed by atoms with Crippen molar-refractivity contribution in [3.63, 3.8) is 0 Å². The molecule has 3 rings (SSSR count). The molecule has 0 saturated carbocycles. The van der Waals surface area contributed by atoms with Gasteiger partial charge in [0.15, 0.2) is 0 Å². The van der Waals surface area contributed by atoms with Crippen LogP contribution in [0, 0.1) is 11.3 Å². The van der Waals surface area contributed by atoms with E-state index in [0.717, 1.165) is 22.6 Å². The van der Waals surface area contributed by atoms with Crippen LogP contribution in [-0.2, 0) is 5.75 Å². The van der Waals surface area contributed by atoms with Gasteiger partial charge in [-0.05, 0) is 23.3 Å². The maximum absolute atomic E-state index is 12.7. The van der Waals surface area contributed by atoms with Crippen molar-refractivity contribution in [1.82, 2.24) is 5.32 Å². The van der Waals surface area contributed by atoms with E-state index in [1.807, 2.05) is 54.6 Å². The molecule has 0 aliphatic heterocycles. The molecule has 0 saturated heterocycles. The van der Waals surface area contributed by atoms with Crippen molar-refractivity contribution in [2.24, 2.45) is 0 Å². The van der Waals surface area contributed by atoms with Crippen molar-refractivity contribution in [3.8, 4) is 17.2 Å². The number of rotatable bonds is 7. The normalized spacial score (nSPS) is 10.2. The number of amides is 1. The number of nitrogens with one attached hydrogen (secondary N) is 1. The third-order valence-corrected chi connectivity index (χ3v) is 5.18. The molecule has 0 aromatic heterocycles. The van der Waals surface area contributed by atoms with E-state index in [4.69, 9.17) is 0 Å². The summed E-state index contributed by atoms with van der Waals surface area (Å²) >= 11 is 1.79. The first-order chi connectivity index (χ1) is 13.3. The Kier molecular flexibility index (Phi) is 6.67. The summed E-state index contributed by atoms with van der Waals surface area (Å²) in [7, 11) is 0. The highest BCUT2D eigenvalue weighted by atomic mass is 32.2. The van der Waals surface area contributed by atoms with Gasteiger partial charge in [-0.15, -0.1) is 0 Å². The van der Waals surface area contributed by atoms with E-state index in [2.05, 4.69) is 23.5 Å². The van der Waals surface area contributed by atoms with Crippen molar-refractivity contribution < 1.29 is 4.79 Å². The molecular weight excluding hydrogens is 352 g/mol. The van der Waals surface area contributed by atoms with Gasteiger partial charge < -0.3 is 5.32 Å². The number of hydrogen-bond acceptors (Lipinski definition) is 3. The summed E-state index contributed by atoms with van der Waals surface area (Å²) in [5.41, 5.74) is 4.00. The van der Waals surface area contributed by atoms with Crippen molar-refractivity contribution in [3.05, 3.63) is 95.6 Å². The Morgan fingerprint density at radius 2 is 1.56 bits per heavy atom. The highest BCUT2D eigenvalue weighted by Gasteiger charge is 2.14. The molecule has 0 fully saturated rings. The van der Waals surface area contributed by atoms with Crippen LogP contribution in [0.25, 0.3) is 11.1 Å². The molecule has 3 aromatic rings. The Balaban J connectivity index is 1.61. The van der Waals surface area contributed by atoms with Gasteiger partial charge in [0.2, 0.25) is 0 Å². The van der Waals surface area contributed by atoms with Crippen LogP contribution in [0.15, 0.2) is 78.9 Å². The van der Waals surface area contributed by atoms with Crippen LogP contribution in [0.3, 0.4) is 0 Å². The van der Waals surface area contributed by atoms with Crippen molar-refractivity contribution >= 4 is 17.7 Å². The van der Waals surface area contributed by atoms with Crippen molar-refractivity contribution in [2.45, 2.75) is 5.75 Å². The number of carbonyl (C=O) groups excluding carboxylic acids is 1. The first-order valence-electron chi connectivity index (χ1n) is 8.78. The van der Waals surface area contributed by atoms with Gasteiger partial charge in [-0.3, -0.25) is 4.79 Å². The smallest absolute Gasteiger partial charge is 0.251 e. The number of nitriles is 1. The molecule has 0 atom stereocenters. The summed E-state index contributed by atoms with van der Waals surface area (Å²) < 4.78 is 0. The molecule has 0 radical (unpaired) electrons. The van der Waals surface area contributed by atoms with Crippen LogP contribution in [0.2, 0.25) is 0 Å². The zero-order valence-electron chi connectivity index (χ0n) is 14.9. The van der Waals surface area contributed by atoms with Crippen molar-refractivity contribution in [2.75, 3.05) is 12.3 Å². The van der Waals surface area contributed by atoms with Gasteiger partial charge >= 0.3 is 0 Å². The number of hydrogen-bond donors (Lipinski definition) is 1. The largest absolute Gasteiger partial charge is 0.351 e. The lowest BCUT2D eigenvalue weighted by Crippen LogP contribution is -2.26. The van der Waals surface area contributed by atoms with Gasteiger partial charge in [0.05, 0.1) is 11.6 Å². The minimum absolute atomic E-state index is 0.112. The minimum atomic E-state index is -0.112. The lowest BCUT2D eigenvalue weighted by atomic mass is 9.95. The lowest BCUT2D eigenvalue weighted by molar-refractivity contribution is 0.0957. The molecule has 1 N–H and O–H groups in total. The van der Waals surface area contributed by atoms with Crippen molar-refractivity contribution in [1.29, 1.82) is 5.26 Å². The summed E-state index contributed by atoms with van der Waals surface area (Å²) in [6.45, 7) is 0.602. The van der Waals surface area contributed by atoms with E-state index in [1.54, 1.807) is 23.9 Å². The quantitative estimate of drug-likeness (QED) is 0.601. The van der Waals surface area contributed by atoms with Crippen LogP contribution >= 0.6 is 11.8 Å². The summed E-state index contributed by atoms with van der Waals surface area (Å²) in [4.78, 5) is 12.7. The van der Waals surface area contributed by atoms with E-state index in [-0.39, 0.29) is 5.91 Å². The highest BCUT2D eigenvalue weighted by Crippen LogP contribution is 2.26. The van der Waals surface area contributed by atoms with E-state index in [1.165, 1.54) is 5.56 Å². The average molecular weight is 372 g/mol. The zero-order chi connectivity index (χ0) is 18.9. The maximum Gasteiger partial charge on any atom is 0.251 e. The van der Waals surface area contributed by atoms with Gasteiger partial charge in [0.1, 0.15) is 0 Å². The Hall–Kier alpha value is -3.03. The van der Waals surface area contributed by atoms with Gasteiger partial charge in [0, 0.05) is 29.2 Å². The second-order valence-electron chi connectivity index (χ2n) is 6.00. The van der Waals surface area contributed by atoms with Crippen LogP contribution in [0.4, 0.5) is 0 Å². The predicted molar refractivity (Wildman–Crippen MR) is 112 cm³/mol. The second kappa shape index (κ2) is 9.61. The fourth-order valence-electron chi connectivity index (χ4n) is 2.83. The average Bonchev–Trinajstić information content (AvgIpc) is 2.74. The number of nitrogens with zero attached hydrogens (tertiary/aromatic N) is 1. The number of benzene rings is 3. The fourth-order valence-corrected chi connectivity index (χ4v) is 3.65. The third kappa shape index (κ3) is 4.99.